The summed E-state index contributed by atoms with van der Waals surface area (Å²) in [5.74, 6) is 0.828. The smallest absolute Gasteiger partial charge is 0.243 e. The van der Waals surface area contributed by atoms with E-state index < -0.39 is 10.0 Å². The lowest BCUT2D eigenvalue weighted by Crippen LogP contribution is -2.46. The fourth-order valence-corrected chi connectivity index (χ4v) is 5.20. The normalized spacial score (nSPS) is 19.9. The van der Waals surface area contributed by atoms with Gasteiger partial charge in [-0.3, -0.25) is 0 Å². The van der Waals surface area contributed by atoms with Crippen molar-refractivity contribution in [3.8, 4) is 0 Å². The summed E-state index contributed by atoms with van der Waals surface area (Å²) < 4.78 is 26.8. The quantitative estimate of drug-likeness (QED) is 0.919. The van der Waals surface area contributed by atoms with Crippen LogP contribution >= 0.6 is 11.8 Å². The van der Waals surface area contributed by atoms with Crippen molar-refractivity contribution < 1.29 is 13.5 Å². The van der Waals surface area contributed by atoms with Crippen molar-refractivity contribution in [2.75, 3.05) is 25.4 Å². The molecule has 0 bridgehead atoms. The second-order valence-electron chi connectivity index (χ2n) is 5.56. The molecule has 20 heavy (non-hydrogen) atoms. The highest BCUT2D eigenvalue weighted by Crippen LogP contribution is 2.32. The zero-order chi connectivity index (χ0) is 14.8. The maximum absolute atomic E-state index is 12.6. The predicted octanol–water partition coefficient (Wildman–Crippen LogP) is 1.74. The van der Waals surface area contributed by atoms with E-state index in [0.717, 1.165) is 11.3 Å². The summed E-state index contributed by atoms with van der Waals surface area (Å²) in [5, 5.41) is 8.88. The van der Waals surface area contributed by atoms with Crippen LogP contribution in [0, 0.1) is 0 Å². The Hall–Kier alpha value is -0.560. The summed E-state index contributed by atoms with van der Waals surface area (Å²) in [5.41, 5.74) is 0.945. The van der Waals surface area contributed by atoms with Crippen LogP contribution in [-0.2, 0) is 16.4 Å². The van der Waals surface area contributed by atoms with Crippen LogP contribution in [-0.4, -0.2) is 48.0 Å². The first-order chi connectivity index (χ1) is 9.35. The van der Waals surface area contributed by atoms with Crippen molar-refractivity contribution in [2.45, 2.75) is 29.9 Å². The third-order valence-corrected chi connectivity index (χ3v) is 6.51. The highest BCUT2D eigenvalue weighted by molar-refractivity contribution is 8.00. The molecule has 0 aromatic heterocycles. The number of nitrogens with zero attached hydrogens (tertiary/aromatic N) is 1. The van der Waals surface area contributed by atoms with Gasteiger partial charge in [-0.05, 0) is 38.0 Å². The first-order valence-corrected chi connectivity index (χ1v) is 9.12. The zero-order valence-electron chi connectivity index (χ0n) is 11.9. The molecule has 1 heterocycles. The van der Waals surface area contributed by atoms with Crippen LogP contribution in [0.25, 0.3) is 0 Å². The fraction of sp³-hybridized carbons (Fsp3) is 0.571. The highest BCUT2D eigenvalue weighted by Gasteiger charge is 2.34. The van der Waals surface area contributed by atoms with Crippen LogP contribution in [0.1, 0.15) is 19.4 Å². The Morgan fingerprint density at radius 3 is 2.50 bits per heavy atom. The van der Waals surface area contributed by atoms with Gasteiger partial charge in [-0.2, -0.15) is 16.1 Å². The molecule has 1 aromatic rings. The number of rotatable bonds is 4. The van der Waals surface area contributed by atoms with Crippen LogP contribution in [0.5, 0.6) is 0 Å². The van der Waals surface area contributed by atoms with Crippen molar-refractivity contribution in [3.63, 3.8) is 0 Å². The molecule has 4 nitrogen and oxygen atoms in total. The SMILES string of the molecule is CC1(C)CN(S(=O)(=O)c2ccc(CCO)cc2)CCS1. The van der Waals surface area contributed by atoms with Gasteiger partial charge in [-0.15, -0.1) is 0 Å². The number of thioether (sulfide) groups is 1. The standard InChI is InChI=1S/C14H21NO3S2/c1-14(2)11-15(8-10-19-14)20(17,18)13-5-3-12(4-6-13)7-9-16/h3-6,16H,7-11H2,1-2H3. The van der Waals surface area contributed by atoms with Crippen LogP contribution in [0.3, 0.4) is 0 Å². The van der Waals surface area contributed by atoms with Crippen molar-refractivity contribution in [1.82, 2.24) is 4.31 Å². The first kappa shape index (κ1) is 15.8. The van der Waals surface area contributed by atoms with Gasteiger partial charge in [-0.25, -0.2) is 8.42 Å². The Bertz CT molecular complexity index is 552. The largest absolute Gasteiger partial charge is 0.396 e. The topological polar surface area (TPSA) is 57.6 Å². The Morgan fingerprint density at radius 1 is 1.30 bits per heavy atom. The summed E-state index contributed by atoms with van der Waals surface area (Å²) in [4.78, 5) is 0.335. The molecule has 0 saturated carbocycles. The molecule has 1 fully saturated rings. The van der Waals surface area contributed by atoms with Crippen LogP contribution in [0.2, 0.25) is 0 Å². The zero-order valence-corrected chi connectivity index (χ0v) is 13.5. The molecule has 2 rings (SSSR count). The third-order valence-electron chi connectivity index (χ3n) is 3.35. The monoisotopic (exact) mass is 315 g/mol. The van der Waals surface area contributed by atoms with Gasteiger partial charge in [0, 0.05) is 30.2 Å². The average Bonchev–Trinajstić information content (AvgIpc) is 2.38. The molecule has 0 spiro atoms. The lowest BCUT2D eigenvalue weighted by atomic mass is 10.2. The number of sulfonamides is 1. The van der Waals surface area contributed by atoms with Crippen molar-refractivity contribution in [1.29, 1.82) is 0 Å². The molecule has 1 aromatic carbocycles. The van der Waals surface area contributed by atoms with Gasteiger partial charge in [-0.1, -0.05) is 12.1 Å². The van der Waals surface area contributed by atoms with Gasteiger partial charge in [0.2, 0.25) is 10.0 Å². The van der Waals surface area contributed by atoms with Crippen molar-refractivity contribution >= 4 is 21.8 Å². The van der Waals surface area contributed by atoms with E-state index in [2.05, 4.69) is 13.8 Å². The molecule has 112 valence electrons. The van der Waals surface area contributed by atoms with Crippen LogP contribution < -0.4 is 0 Å². The van der Waals surface area contributed by atoms with Gasteiger partial charge in [0.15, 0.2) is 0 Å². The molecular weight excluding hydrogens is 294 g/mol. The summed E-state index contributed by atoms with van der Waals surface area (Å²) in [7, 11) is -3.41. The number of benzene rings is 1. The van der Waals surface area contributed by atoms with Gasteiger partial charge >= 0.3 is 0 Å². The highest BCUT2D eigenvalue weighted by atomic mass is 32.2. The Kier molecular flexibility index (Phi) is 4.79. The van der Waals surface area contributed by atoms with Crippen LogP contribution in [0.4, 0.5) is 0 Å². The maximum Gasteiger partial charge on any atom is 0.243 e. The molecule has 0 amide bonds. The van der Waals surface area contributed by atoms with E-state index in [1.54, 1.807) is 28.6 Å². The second kappa shape index (κ2) is 6.05. The lowest BCUT2D eigenvalue weighted by molar-refractivity contribution is 0.299. The predicted molar refractivity (Wildman–Crippen MR) is 82.5 cm³/mol. The molecule has 0 atom stereocenters. The van der Waals surface area contributed by atoms with E-state index in [1.807, 2.05) is 11.8 Å². The molecule has 0 aliphatic carbocycles. The minimum absolute atomic E-state index is 0.0395. The minimum Gasteiger partial charge on any atom is -0.396 e. The third kappa shape index (κ3) is 3.55. The molecule has 0 radical (unpaired) electrons. The number of aliphatic hydroxyl groups excluding tert-OH is 1. The lowest BCUT2D eigenvalue weighted by Gasteiger charge is -2.36. The molecule has 0 unspecified atom stereocenters. The van der Waals surface area contributed by atoms with E-state index in [9.17, 15) is 8.42 Å². The van der Waals surface area contributed by atoms with Crippen molar-refractivity contribution in [3.05, 3.63) is 29.8 Å². The van der Waals surface area contributed by atoms with Crippen molar-refractivity contribution in [2.24, 2.45) is 0 Å². The summed E-state index contributed by atoms with van der Waals surface area (Å²) in [6.45, 7) is 5.32. The number of hydrogen-bond acceptors (Lipinski definition) is 4. The molecule has 1 saturated heterocycles. The Morgan fingerprint density at radius 2 is 1.95 bits per heavy atom. The molecular formula is C14H21NO3S2. The van der Waals surface area contributed by atoms with Gasteiger partial charge in [0.1, 0.15) is 0 Å². The molecule has 1 N–H and O–H groups in total. The maximum atomic E-state index is 12.6. The first-order valence-electron chi connectivity index (χ1n) is 6.69. The van der Waals surface area contributed by atoms with E-state index in [-0.39, 0.29) is 11.4 Å². The molecule has 1 aliphatic heterocycles. The van der Waals surface area contributed by atoms with Gasteiger partial charge in [0.25, 0.3) is 0 Å². The second-order valence-corrected chi connectivity index (χ2v) is 9.30. The van der Waals surface area contributed by atoms with E-state index in [0.29, 0.717) is 24.4 Å². The minimum atomic E-state index is -3.41. The summed E-state index contributed by atoms with van der Waals surface area (Å²) in [6, 6.07) is 6.81. The van der Waals surface area contributed by atoms with Gasteiger partial charge < -0.3 is 5.11 Å². The van der Waals surface area contributed by atoms with Gasteiger partial charge in [0.05, 0.1) is 4.90 Å². The van der Waals surface area contributed by atoms with E-state index >= 15 is 0 Å². The van der Waals surface area contributed by atoms with E-state index in [1.165, 1.54) is 0 Å². The number of hydrogen-bond donors (Lipinski definition) is 1. The molecule has 6 heteroatoms. The summed E-state index contributed by atoms with van der Waals surface area (Å²) in [6.07, 6.45) is 0.549. The Labute approximate surface area is 125 Å². The number of aliphatic hydroxyl groups is 1. The summed E-state index contributed by atoms with van der Waals surface area (Å²) >= 11 is 1.81. The van der Waals surface area contributed by atoms with Crippen LogP contribution in [0.15, 0.2) is 29.2 Å². The fourth-order valence-electron chi connectivity index (χ4n) is 2.28. The van der Waals surface area contributed by atoms with E-state index in [4.69, 9.17) is 5.11 Å². The average molecular weight is 315 g/mol. The Balaban J connectivity index is 2.21. The molecule has 1 aliphatic rings.